The first-order valence-corrected chi connectivity index (χ1v) is 8.35. The third-order valence-electron chi connectivity index (χ3n) is 4.59. The van der Waals surface area contributed by atoms with Crippen molar-refractivity contribution in [2.45, 2.75) is 44.6 Å². The molecule has 1 saturated carbocycles. The lowest BCUT2D eigenvalue weighted by Crippen LogP contribution is -2.33. The van der Waals surface area contributed by atoms with Crippen LogP contribution < -0.4 is 11.1 Å². The Morgan fingerprint density at radius 1 is 1.36 bits per heavy atom. The summed E-state index contributed by atoms with van der Waals surface area (Å²) in [6.07, 6.45) is 6.10. The molecule has 0 radical (unpaired) electrons. The summed E-state index contributed by atoms with van der Waals surface area (Å²) >= 11 is 0. The number of esters is 1. The van der Waals surface area contributed by atoms with E-state index in [1.165, 1.54) is 25.7 Å². The van der Waals surface area contributed by atoms with Crippen LogP contribution in [-0.4, -0.2) is 30.0 Å². The quantitative estimate of drug-likeness (QED) is 0.443. The Bertz CT molecular complexity index is 656. The molecule has 3 N–H and O–H groups in total. The van der Waals surface area contributed by atoms with E-state index in [0.29, 0.717) is 12.3 Å². The van der Waals surface area contributed by atoms with Gasteiger partial charge in [0.2, 0.25) is 5.91 Å². The third-order valence-corrected chi connectivity index (χ3v) is 4.59. The molecule has 1 aliphatic rings. The van der Waals surface area contributed by atoms with E-state index < -0.39 is 22.8 Å². The molecule has 1 aromatic rings. The predicted octanol–water partition coefficient (Wildman–Crippen LogP) is 2.62. The maximum absolute atomic E-state index is 12.1. The molecule has 2 rings (SSSR count). The van der Waals surface area contributed by atoms with Crippen LogP contribution in [0.2, 0.25) is 0 Å². The molecule has 1 amide bonds. The van der Waals surface area contributed by atoms with Gasteiger partial charge in [0, 0.05) is 11.6 Å². The van der Waals surface area contributed by atoms with E-state index in [-0.39, 0.29) is 16.9 Å². The fourth-order valence-corrected chi connectivity index (χ4v) is 3.26. The summed E-state index contributed by atoms with van der Waals surface area (Å²) < 4.78 is 4.84. The molecule has 0 heterocycles. The van der Waals surface area contributed by atoms with Crippen molar-refractivity contribution in [1.29, 1.82) is 0 Å². The molecule has 0 saturated heterocycles. The van der Waals surface area contributed by atoms with E-state index in [2.05, 4.69) is 5.32 Å². The zero-order valence-corrected chi connectivity index (χ0v) is 14.2. The van der Waals surface area contributed by atoms with Crippen molar-refractivity contribution in [1.82, 2.24) is 0 Å². The minimum absolute atomic E-state index is 0.0409. The second-order valence-electron chi connectivity index (χ2n) is 6.31. The number of methoxy groups -OCH3 is 1. The highest BCUT2D eigenvalue weighted by Gasteiger charge is 2.27. The summed E-state index contributed by atoms with van der Waals surface area (Å²) in [4.78, 5) is 34.0. The van der Waals surface area contributed by atoms with Gasteiger partial charge in [-0.2, -0.15) is 0 Å². The second-order valence-corrected chi connectivity index (χ2v) is 6.31. The Balaban J connectivity index is 2.23. The number of hydrogen-bond acceptors (Lipinski definition) is 6. The van der Waals surface area contributed by atoms with Gasteiger partial charge in [-0.15, -0.1) is 0 Å². The number of hydrogen-bond donors (Lipinski definition) is 2. The average molecular weight is 349 g/mol. The van der Waals surface area contributed by atoms with Gasteiger partial charge in [0.1, 0.15) is 11.7 Å². The van der Waals surface area contributed by atoms with Gasteiger partial charge in [-0.1, -0.05) is 32.1 Å². The van der Waals surface area contributed by atoms with Crippen LogP contribution >= 0.6 is 0 Å². The average Bonchev–Trinajstić information content (AvgIpc) is 2.61. The Morgan fingerprint density at radius 3 is 2.60 bits per heavy atom. The normalized spacial score (nSPS) is 16.0. The fraction of sp³-hybridized carbons (Fsp3) is 0.529. The van der Waals surface area contributed by atoms with Crippen molar-refractivity contribution in [3.8, 4) is 0 Å². The van der Waals surface area contributed by atoms with Gasteiger partial charge in [-0.25, -0.2) is 4.79 Å². The molecule has 25 heavy (non-hydrogen) atoms. The maximum Gasteiger partial charge on any atom is 0.328 e. The zero-order chi connectivity index (χ0) is 18.4. The highest BCUT2D eigenvalue weighted by Crippen LogP contribution is 2.31. The molecule has 1 aromatic carbocycles. The summed E-state index contributed by atoms with van der Waals surface area (Å²) in [6.45, 7) is 0. The van der Waals surface area contributed by atoms with Gasteiger partial charge >= 0.3 is 5.97 Å². The molecule has 0 spiro atoms. The van der Waals surface area contributed by atoms with E-state index in [0.717, 1.165) is 31.7 Å². The monoisotopic (exact) mass is 349 g/mol. The lowest BCUT2D eigenvalue weighted by Gasteiger charge is -2.26. The summed E-state index contributed by atoms with van der Waals surface area (Å²) in [7, 11) is 1.29. The van der Waals surface area contributed by atoms with Crippen LogP contribution in [0, 0.1) is 16.0 Å². The number of benzene rings is 1. The van der Waals surface area contributed by atoms with E-state index in [1.54, 1.807) is 0 Å². The standard InChI is InChI=1S/C17H23N3O5/c1-25-17(22)14(9-11-5-3-2-4-6-11)19-13-8-7-12(16(18)21)10-15(13)20(23)24/h7-8,10-11,14,19H,2-6,9H2,1H3,(H2,18,21)/t14-/m0/s1. The number of anilines is 1. The van der Waals surface area contributed by atoms with Crippen LogP contribution in [0.4, 0.5) is 11.4 Å². The number of primary amides is 1. The SMILES string of the molecule is COC(=O)[C@H](CC1CCCCC1)Nc1ccc(C(N)=O)cc1[N+](=O)[O-]. The van der Waals surface area contributed by atoms with Crippen molar-refractivity contribution < 1.29 is 19.2 Å². The summed E-state index contributed by atoms with van der Waals surface area (Å²) in [5, 5.41) is 14.2. The number of nitro groups is 1. The first-order chi connectivity index (χ1) is 11.9. The van der Waals surface area contributed by atoms with Crippen molar-refractivity contribution >= 4 is 23.3 Å². The third kappa shape index (κ3) is 4.91. The fourth-order valence-electron chi connectivity index (χ4n) is 3.26. The number of carbonyl (C=O) groups excluding carboxylic acids is 2. The number of carbonyl (C=O) groups is 2. The van der Waals surface area contributed by atoms with E-state index in [9.17, 15) is 19.7 Å². The Labute approximate surface area is 145 Å². The van der Waals surface area contributed by atoms with Crippen LogP contribution in [0.25, 0.3) is 0 Å². The van der Waals surface area contributed by atoms with Gasteiger partial charge in [0.15, 0.2) is 0 Å². The zero-order valence-electron chi connectivity index (χ0n) is 14.2. The van der Waals surface area contributed by atoms with Gasteiger partial charge in [0.05, 0.1) is 12.0 Å². The Kier molecular flexibility index (Phi) is 6.32. The number of nitrogens with one attached hydrogen (secondary N) is 1. The number of nitrogens with two attached hydrogens (primary N) is 1. The Hall–Kier alpha value is -2.64. The van der Waals surface area contributed by atoms with Gasteiger partial charge < -0.3 is 15.8 Å². The summed E-state index contributed by atoms with van der Waals surface area (Å²) in [5.74, 6) is -0.825. The van der Waals surface area contributed by atoms with Gasteiger partial charge in [0.25, 0.3) is 5.69 Å². The van der Waals surface area contributed by atoms with Crippen LogP contribution in [0.3, 0.4) is 0 Å². The highest BCUT2D eigenvalue weighted by atomic mass is 16.6. The predicted molar refractivity (Wildman–Crippen MR) is 92.2 cm³/mol. The molecule has 0 unspecified atom stereocenters. The number of nitro benzene ring substituents is 1. The smallest absolute Gasteiger partial charge is 0.328 e. The highest BCUT2D eigenvalue weighted by molar-refractivity contribution is 5.94. The van der Waals surface area contributed by atoms with E-state index in [1.807, 2.05) is 0 Å². The molecule has 8 heteroatoms. The molecular formula is C17H23N3O5. The van der Waals surface area contributed by atoms with Crippen molar-refractivity contribution in [2.75, 3.05) is 12.4 Å². The number of ether oxygens (including phenoxy) is 1. The minimum Gasteiger partial charge on any atom is -0.467 e. The second kappa shape index (κ2) is 8.46. The summed E-state index contributed by atoms with van der Waals surface area (Å²) in [6, 6.07) is 3.23. The molecule has 0 aromatic heterocycles. The van der Waals surface area contributed by atoms with E-state index >= 15 is 0 Å². The number of nitrogens with zero attached hydrogens (tertiary/aromatic N) is 1. The molecule has 1 atom stereocenters. The van der Waals surface area contributed by atoms with Crippen molar-refractivity contribution in [3.05, 3.63) is 33.9 Å². The summed E-state index contributed by atoms with van der Waals surface area (Å²) in [5.41, 5.74) is 5.08. The first-order valence-electron chi connectivity index (χ1n) is 8.35. The number of rotatable bonds is 7. The van der Waals surface area contributed by atoms with E-state index in [4.69, 9.17) is 10.5 Å². The Morgan fingerprint density at radius 2 is 2.04 bits per heavy atom. The molecular weight excluding hydrogens is 326 g/mol. The molecule has 136 valence electrons. The van der Waals surface area contributed by atoms with Crippen LogP contribution in [-0.2, 0) is 9.53 Å². The van der Waals surface area contributed by atoms with Gasteiger partial charge in [-0.3, -0.25) is 14.9 Å². The van der Waals surface area contributed by atoms with Crippen molar-refractivity contribution in [2.24, 2.45) is 11.7 Å². The number of amides is 1. The van der Waals surface area contributed by atoms with Crippen LogP contribution in [0.15, 0.2) is 18.2 Å². The molecule has 0 aliphatic heterocycles. The molecule has 1 fully saturated rings. The van der Waals surface area contributed by atoms with Gasteiger partial charge in [-0.05, 0) is 24.5 Å². The lowest BCUT2D eigenvalue weighted by atomic mass is 9.84. The topological polar surface area (TPSA) is 125 Å². The van der Waals surface area contributed by atoms with Crippen molar-refractivity contribution in [3.63, 3.8) is 0 Å². The molecule has 8 nitrogen and oxygen atoms in total. The molecule has 1 aliphatic carbocycles. The first kappa shape index (κ1) is 18.7. The maximum atomic E-state index is 12.1. The largest absolute Gasteiger partial charge is 0.467 e. The molecule has 0 bridgehead atoms. The lowest BCUT2D eigenvalue weighted by molar-refractivity contribution is -0.384. The van der Waals surface area contributed by atoms with Crippen LogP contribution in [0.5, 0.6) is 0 Å². The minimum atomic E-state index is -0.749. The van der Waals surface area contributed by atoms with Crippen LogP contribution in [0.1, 0.15) is 48.9 Å².